The van der Waals surface area contributed by atoms with Gasteiger partial charge in [0.25, 0.3) is 11.8 Å². The minimum absolute atomic E-state index is 0.121. The predicted octanol–water partition coefficient (Wildman–Crippen LogP) is 0.0308. The Morgan fingerprint density at radius 2 is 1.67 bits per heavy atom. The van der Waals surface area contributed by atoms with E-state index >= 15 is 0 Å². The molecular weight excluding hydrogens is 214 g/mol. The average Bonchev–Trinajstić information content (AvgIpc) is 2.44. The quantitative estimate of drug-likeness (QED) is 0.517. The third-order valence-electron chi connectivity index (χ3n) is 2.02. The normalized spacial score (nSPS) is 14.0. The maximum Gasteiger partial charge on any atom is 0.280 e. The highest BCUT2D eigenvalue weighted by Crippen LogP contribution is 2.20. The average molecular weight is 221 g/mol. The Balaban J connectivity index is 2.41. The summed E-state index contributed by atoms with van der Waals surface area (Å²) >= 11 is 4.57. The smallest absolute Gasteiger partial charge is 0.280 e. The molecule has 15 heavy (non-hydrogen) atoms. The maximum absolute atomic E-state index is 11.7. The number of nitrogens with zero attached hydrogens (tertiary/aromatic N) is 1. The van der Waals surface area contributed by atoms with Crippen LogP contribution in [-0.2, 0) is 0 Å². The Labute approximate surface area is 90.8 Å². The van der Waals surface area contributed by atoms with Crippen LogP contribution >= 0.6 is 12.2 Å². The van der Waals surface area contributed by atoms with Crippen LogP contribution in [0.3, 0.4) is 0 Å². The summed E-state index contributed by atoms with van der Waals surface area (Å²) in [4.78, 5) is 23.3. The summed E-state index contributed by atoms with van der Waals surface area (Å²) in [6, 6.07) is 6.54. The standard InChI is InChI=1S/C9H7N3O2S/c10-9(15)11-12-7(13)5-3-1-2-4-6(5)8(12)14/h1-4H,(H3,10,11,15). The number of nitrogens with two attached hydrogens (primary N) is 1. The molecule has 76 valence electrons. The SMILES string of the molecule is NC(=S)NN1C(=O)c2ccccc2C1=O. The third-order valence-corrected chi connectivity index (χ3v) is 2.11. The Kier molecular flexibility index (Phi) is 2.12. The summed E-state index contributed by atoms with van der Waals surface area (Å²) in [7, 11) is 0. The summed E-state index contributed by atoms with van der Waals surface area (Å²) in [6.45, 7) is 0. The molecule has 0 fully saturated rings. The van der Waals surface area contributed by atoms with Crippen LogP contribution in [-0.4, -0.2) is 21.9 Å². The second kappa shape index (κ2) is 3.32. The highest BCUT2D eigenvalue weighted by atomic mass is 32.1. The van der Waals surface area contributed by atoms with Crippen molar-refractivity contribution in [3.05, 3.63) is 35.4 Å². The van der Waals surface area contributed by atoms with Crippen LogP contribution < -0.4 is 11.2 Å². The van der Waals surface area contributed by atoms with Gasteiger partial charge in [-0.2, -0.15) is 5.01 Å². The molecule has 0 aromatic heterocycles. The van der Waals surface area contributed by atoms with Crippen molar-refractivity contribution < 1.29 is 9.59 Å². The molecule has 3 N–H and O–H groups in total. The third kappa shape index (κ3) is 1.44. The molecule has 1 aliphatic rings. The van der Waals surface area contributed by atoms with Crippen LogP contribution in [0.2, 0.25) is 0 Å². The molecule has 0 aliphatic carbocycles. The van der Waals surface area contributed by atoms with E-state index in [0.29, 0.717) is 11.1 Å². The number of thiocarbonyl (C=S) groups is 1. The fourth-order valence-electron chi connectivity index (χ4n) is 1.40. The molecule has 1 heterocycles. The van der Waals surface area contributed by atoms with Gasteiger partial charge in [0, 0.05) is 0 Å². The van der Waals surface area contributed by atoms with Gasteiger partial charge in [-0.3, -0.25) is 15.0 Å². The van der Waals surface area contributed by atoms with Crippen LogP contribution in [0.1, 0.15) is 20.7 Å². The first kappa shape index (κ1) is 9.60. The second-order valence-electron chi connectivity index (χ2n) is 2.97. The maximum atomic E-state index is 11.7. The highest BCUT2D eigenvalue weighted by molar-refractivity contribution is 7.80. The number of nitrogens with one attached hydrogen (secondary N) is 1. The largest absolute Gasteiger partial charge is 0.375 e. The second-order valence-corrected chi connectivity index (χ2v) is 3.41. The van der Waals surface area contributed by atoms with E-state index in [1.807, 2.05) is 0 Å². The molecule has 0 atom stereocenters. The Hall–Kier alpha value is -1.95. The zero-order valence-electron chi connectivity index (χ0n) is 7.56. The number of imide groups is 1. The van der Waals surface area contributed by atoms with Gasteiger partial charge in [0.2, 0.25) is 0 Å². The van der Waals surface area contributed by atoms with E-state index in [1.54, 1.807) is 24.3 Å². The molecule has 5 nitrogen and oxygen atoms in total. The van der Waals surface area contributed by atoms with E-state index < -0.39 is 11.8 Å². The Morgan fingerprint density at radius 3 is 2.07 bits per heavy atom. The van der Waals surface area contributed by atoms with Crippen molar-refractivity contribution in [3.63, 3.8) is 0 Å². The molecule has 0 unspecified atom stereocenters. The Morgan fingerprint density at radius 1 is 1.20 bits per heavy atom. The predicted molar refractivity (Wildman–Crippen MR) is 56.9 cm³/mol. The van der Waals surface area contributed by atoms with Gasteiger partial charge in [0.15, 0.2) is 5.11 Å². The van der Waals surface area contributed by atoms with Gasteiger partial charge in [-0.05, 0) is 24.4 Å². The first-order valence-electron chi connectivity index (χ1n) is 4.15. The van der Waals surface area contributed by atoms with Gasteiger partial charge < -0.3 is 5.73 Å². The van der Waals surface area contributed by atoms with Gasteiger partial charge in [-0.25, -0.2) is 0 Å². The van der Waals surface area contributed by atoms with Gasteiger partial charge >= 0.3 is 0 Å². The molecule has 1 aliphatic heterocycles. The molecule has 2 amide bonds. The molecule has 1 aromatic rings. The van der Waals surface area contributed by atoms with Gasteiger partial charge in [0.1, 0.15) is 0 Å². The van der Waals surface area contributed by atoms with Crippen LogP contribution in [0.4, 0.5) is 0 Å². The number of carbonyl (C=O) groups excluding carboxylic acids is 2. The molecule has 0 bridgehead atoms. The van der Waals surface area contributed by atoms with Gasteiger partial charge in [0.05, 0.1) is 11.1 Å². The molecule has 6 heteroatoms. The van der Waals surface area contributed by atoms with E-state index in [9.17, 15) is 9.59 Å². The van der Waals surface area contributed by atoms with E-state index in [-0.39, 0.29) is 5.11 Å². The lowest BCUT2D eigenvalue weighted by molar-refractivity contribution is 0.0612. The van der Waals surface area contributed by atoms with Crippen LogP contribution in [0.25, 0.3) is 0 Å². The molecule has 0 saturated carbocycles. The topological polar surface area (TPSA) is 75.4 Å². The van der Waals surface area contributed by atoms with Crippen molar-refractivity contribution in [1.82, 2.24) is 10.4 Å². The number of hydrogen-bond donors (Lipinski definition) is 2. The highest BCUT2D eigenvalue weighted by Gasteiger charge is 2.35. The molecule has 0 radical (unpaired) electrons. The van der Waals surface area contributed by atoms with Crippen molar-refractivity contribution in [2.45, 2.75) is 0 Å². The minimum atomic E-state index is -0.441. The number of amides is 2. The number of rotatable bonds is 1. The van der Waals surface area contributed by atoms with E-state index in [1.165, 1.54) is 0 Å². The van der Waals surface area contributed by atoms with Crippen LogP contribution in [0, 0.1) is 0 Å². The van der Waals surface area contributed by atoms with Gasteiger partial charge in [-0.1, -0.05) is 12.1 Å². The molecule has 1 aromatic carbocycles. The van der Waals surface area contributed by atoms with Crippen molar-refractivity contribution in [3.8, 4) is 0 Å². The van der Waals surface area contributed by atoms with E-state index in [0.717, 1.165) is 5.01 Å². The summed E-state index contributed by atoms with van der Waals surface area (Å²) in [5.74, 6) is -0.883. The molecular formula is C9H7N3O2S. The summed E-state index contributed by atoms with van der Waals surface area (Å²) < 4.78 is 0. The Bertz CT molecular complexity index is 437. The zero-order valence-corrected chi connectivity index (χ0v) is 8.38. The summed E-state index contributed by atoms with van der Waals surface area (Å²) in [5.41, 5.74) is 8.24. The monoisotopic (exact) mass is 221 g/mol. The summed E-state index contributed by atoms with van der Waals surface area (Å²) in [5, 5.41) is 0.692. The first-order chi connectivity index (χ1) is 7.11. The van der Waals surface area contributed by atoms with Crippen LogP contribution in [0.5, 0.6) is 0 Å². The van der Waals surface area contributed by atoms with Gasteiger partial charge in [-0.15, -0.1) is 0 Å². The van der Waals surface area contributed by atoms with E-state index in [4.69, 9.17) is 5.73 Å². The van der Waals surface area contributed by atoms with Crippen molar-refractivity contribution >= 4 is 29.1 Å². The molecule has 0 spiro atoms. The fourth-order valence-corrected chi connectivity index (χ4v) is 1.49. The number of fused-ring (bicyclic) bond motifs is 1. The lowest BCUT2D eigenvalue weighted by Gasteiger charge is -2.13. The number of carbonyl (C=O) groups is 2. The fraction of sp³-hybridized carbons (Fsp3) is 0. The number of hydrogen-bond acceptors (Lipinski definition) is 3. The van der Waals surface area contributed by atoms with Crippen LogP contribution in [0.15, 0.2) is 24.3 Å². The zero-order chi connectivity index (χ0) is 11.0. The first-order valence-corrected chi connectivity index (χ1v) is 4.56. The number of benzene rings is 1. The van der Waals surface area contributed by atoms with Crippen molar-refractivity contribution in [2.75, 3.05) is 0 Å². The van der Waals surface area contributed by atoms with Crippen molar-refractivity contribution in [2.24, 2.45) is 5.73 Å². The molecule has 0 saturated heterocycles. The lowest BCUT2D eigenvalue weighted by Crippen LogP contribution is -2.48. The molecule has 2 rings (SSSR count). The van der Waals surface area contributed by atoms with E-state index in [2.05, 4.69) is 17.6 Å². The minimum Gasteiger partial charge on any atom is -0.375 e. The number of hydrazine groups is 1. The summed E-state index contributed by atoms with van der Waals surface area (Å²) in [6.07, 6.45) is 0. The lowest BCUT2D eigenvalue weighted by atomic mass is 10.1. The van der Waals surface area contributed by atoms with Crippen molar-refractivity contribution in [1.29, 1.82) is 0 Å².